The second kappa shape index (κ2) is 7.89. The lowest BCUT2D eigenvalue weighted by atomic mass is 10.2. The van der Waals surface area contributed by atoms with Crippen molar-refractivity contribution in [3.63, 3.8) is 0 Å². The van der Waals surface area contributed by atoms with Crippen molar-refractivity contribution in [2.45, 2.75) is 13.1 Å². The molecular weight excluding hydrogens is 346 g/mol. The molecule has 0 fully saturated rings. The summed E-state index contributed by atoms with van der Waals surface area (Å²) in [5, 5.41) is 7.94. The Morgan fingerprint density at radius 3 is 2.84 bits per heavy atom. The smallest absolute Gasteiger partial charge is 0.236 e. The Hall–Kier alpha value is -2.74. The number of hydrogen-bond donors (Lipinski definition) is 2. The molecule has 1 aromatic carbocycles. The molecule has 0 saturated carbocycles. The summed E-state index contributed by atoms with van der Waals surface area (Å²) < 4.78 is 32.2. The summed E-state index contributed by atoms with van der Waals surface area (Å²) in [6.45, 7) is 0.503. The normalized spacial score (nSPS) is 11.6. The number of oxazole rings is 1. The van der Waals surface area contributed by atoms with Crippen LogP contribution in [0.25, 0.3) is 10.8 Å². The molecule has 0 aliphatic carbocycles. The maximum absolute atomic E-state index is 13.6. The van der Waals surface area contributed by atoms with Gasteiger partial charge in [0.2, 0.25) is 5.89 Å². The fourth-order valence-corrected chi connectivity index (χ4v) is 2.81. The van der Waals surface area contributed by atoms with Crippen molar-refractivity contribution < 1.29 is 13.2 Å². The average molecular weight is 362 g/mol. The Bertz CT molecular complexity index is 861. The lowest BCUT2D eigenvalue weighted by Gasteiger charge is -2.11. The van der Waals surface area contributed by atoms with Crippen LogP contribution < -0.4 is 10.6 Å². The maximum Gasteiger partial charge on any atom is 0.236 e. The van der Waals surface area contributed by atoms with Gasteiger partial charge in [-0.15, -0.1) is 11.3 Å². The average Bonchev–Trinajstić information content (AvgIpc) is 3.29. The highest BCUT2D eigenvalue weighted by Crippen LogP contribution is 2.23. The van der Waals surface area contributed by atoms with Crippen molar-refractivity contribution in [3.8, 4) is 10.8 Å². The van der Waals surface area contributed by atoms with Crippen LogP contribution in [0.4, 0.5) is 8.78 Å². The third-order valence-corrected chi connectivity index (χ3v) is 4.26. The van der Waals surface area contributed by atoms with Gasteiger partial charge < -0.3 is 15.1 Å². The van der Waals surface area contributed by atoms with Crippen LogP contribution in [0.2, 0.25) is 0 Å². The van der Waals surface area contributed by atoms with E-state index >= 15 is 0 Å². The van der Waals surface area contributed by atoms with Gasteiger partial charge in [-0.05, 0) is 29.6 Å². The second-order valence-corrected chi connectivity index (χ2v) is 6.08. The van der Waals surface area contributed by atoms with Crippen LogP contribution in [-0.4, -0.2) is 18.0 Å². The van der Waals surface area contributed by atoms with E-state index in [1.54, 1.807) is 24.6 Å². The third-order valence-electron chi connectivity index (χ3n) is 3.40. The molecule has 0 bridgehead atoms. The van der Waals surface area contributed by atoms with Gasteiger partial charge in [0.05, 0.1) is 17.1 Å². The van der Waals surface area contributed by atoms with Crippen LogP contribution in [0.1, 0.15) is 11.3 Å². The maximum atomic E-state index is 13.6. The summed E-state index contributed by atoms with van der Waals surface area (Å²) in [7, 11) is 1.59. The van der Waals surface area contributed by atoms with Gasteiger partial charge in [-0.3, -0.25) is 4.99 Å². The van der Waals surface area contributed by atoms with Crippen LogP contribution in [0, 0.1) is 11.6 Å². The minimum atomic E-state index is -0.482. The van der Waals surface area contributed by atoms with E-state index in [-0.39, 0.29) is 12.1 Å². The summed E-state index contributed by atoms with van der Waals surface area (Å²) in [4.78, 5) is 9.39. The van der Waals surface area contributed by atoms with E-state index < -0.39 is 11.6 Å². The predicted octanol–water partition coefficient (Wildman–Crippen LogP) is 3.55. The van der Waals surface area contributed by atoms with Crippen LogP contribution in [-0.2, 0) is 13.1 Å². The molecular formula is C17H16F2N4OS. The molecule has 2 N–H and O–H groups in total. The number of aliphatic imine (C=N–C) groups is 1. The van der Waals surface area contributed by atoms with E-state index in [0.717, 1.165) is 23.1 Å². The van der Waals surface area contributed by atoms with E-state index in [4.69, 9.17) is 4.42 Å². The number of nitrogens with zero attached hydrogens (tertiary/aromatic N) is 2. The van der Waals surface area contributed by atoms with Crippen LogP contribution in [0.5, 0.6) is 0 Å². The summed E-state index contributed by atoms with van der Waals surface area (Å²) in [6, 6.07) is 7.20. The number of aromatic nitrogens is 1. The zero-order chi connectivity index (χ0) is 17.6. The molecule has 130 valence electrons. The highest BCUT2D eigenvalue weighted by atomic mass is 32.1. The molecule has 0 aliphatic heterocycles. The van der Waals surface area contributed by atoms with Crippen molar-refractivity contribution in [2.75, 3.05) is 7.05 Å². The minimum Gasteiger partial charge on any atom is -0.443 e. The first-order valence-electron chi connectivity index (χ1n) is 7.52. The van der Waals surface area contributed by atoms with Crippen molar-refractivity contribution in [2.24, 2.45) is 4.99 Å². The quantitative estimate of drug-likeness (QED) is 0.538. The summed E-state index contributed by atoms with van der Waals surface area (Å²) >= 11 is 1.55. The minimum absolute atomic E-state index is 0.114. The van der Waals surface area contributed by atoms with Crippen molar-refractivity contribution in [1.82, 2.24) is 15.6 Å². The number of hydrogen-bond acceptors (Lipinski definition) is 4. The molecule has 0 amide bonds. The SMILES string of the molecule is CN=C(NCc1coc(-c2cccs2)n1)NCc1cc(F)ccc1F. The monoisotopic (exact) mass is 362 g/mol. The Labute approximate surface area is 147 Å². The standard InChI is InChI=1S/C17H16F2N4OS/c1-20-17(21-8-11-7-12(18)4-5-14(11)19)22-9-13-10-24-16(23-13)15-3-2-6-25-15/h2-7,10H,8-9H2,1H3,(H2,20,21,22). The van der Waals surface area contributed by atoms with Crippen molar-refractivity contribution in [1.29, 1.82) is 0 Å². The molecule has 3 rings (SSSR count). The number of benzene rings is 1. The molecule has 0 saturated heterocycles. The molecule has 2 heterocycles. The molecule has 5 nitrogen and oxygen atoms in total. The second-order valence-electron chi connectivity index (χ2n) is 5.14. The summed E-state index contributed by atoms with van der Waals surface area (Å²) in [5.41, 5.74) is 0.938. The number of rotatable bonds is 5. The Morgan fingerprint density at radius 2 is 2.08 bits per heavy atom. The van der Waals surface area contributed by atoms with E-state index in [2.05, 4.69) is 20.6 Å². The molecule has 2 aromatic heterocycles. The van der Waals surface area contributed by atoms with Gasteiger partial charge >= 0.3 is 0 Å². The van der Waals surface area contributed by atoms with Gasteiger partial charge in [-0.25, -0.2) is 13.8 Å². The highest BCUT2D eigenvalue weighted by Gasteiger charge is 2.09. The van der Waals surface area contributed by atoms with E-state index in [1.807, 2.05) is 17.5 Å². The summed E-state index contributed by atoms with van der Waals surface area (Å²) in [6.07, 6.45) is 1.57. The molecule has 3 aromatic rings. The molecule has 0 atom stereocenters. The largest absolute Gasteiger partial charge is 0.443 e. The lowest BCUT2D eigenvalue weighted by Crippen LogP contribution is -2.36. The number of thiophene rings is 1. The zero-order valence-electron chi connectivity index (χ0n) is 13.4. The first-order chi connectivity index (χ1) is 12.2. The van der Waals surface area contributed by atoms with Crippen LogP contribution in [0.3, 0.4) is 0 Å². The Morgan fingerprint density at radius 1 is 1.24 bits per heavy atom. The van der Waals surface area contributed by atoms with Gasteiger partial charge in [0.15, 0.2) is 5.96 Å². The van der Waals surface area contributed by atoms with Crippen LogP contribution in [0.15, 0.2) is 51.4 Å². The van der Waals surface area contributed by atoms with Gasteiger partial charge in [0, 0.05) is 19.2 Å². The molecule has 25 heavy (non-hydrogen) atoms. The van der Waals surface area contributed by atoms with Gasteiger partial charge in [-0.2, -0.15) is 0 Å². The number of guanidine groups is 1. The third kappa shape index (κ3) is 4.42. The fraction of sp³-hybridized carbons (Fsp3) is 0.176. The van der Waals surface area contributed by atoms with Gasteiger partial charge in [-0.1, -0.05) is 6.07 Å². The molecule has 0 aliphatic rings. The number of nitrogens with one attached hydrogen (secondary N) is 2. The van der Waals surface area contributed by atoms with E-state index in [1.165, 1.54) is 0 Å². The zero-order valence-corrected chi connectivity index (χ0v) is 14.2. The lowest BCUT2D eigenvalue weighted by molar-refractivity contribution is 0.573. The highest BCUT2D eigenvalue weighted by molar-refractivity contribution is 7.13. The molecule has 0 spiro atoms. The van der Waals surface area contributed by atoms with Crippen molar-refractivity contribution >= 4 is 17.3 Å². The van der Waals surface area contributed by atoms with Crippen LogP contribution >= 0.6 is 11.3 Å². The molecule has 8 heteroatoms. The first kappa shape index (κ1) is 17.1. The summed E-state index contributed by atoms with van der Waals surface area (Å²) in [5.74, 6) is 0.0622. The van der Waals surface area contributed by atoms with Gasteiger partial charge in [0.25, 0.3) is 0 Å². The fourth-order valence-electron chi connectivity index (χ4n) is 2.15. The predicted molar refractivity (Wildman–Crippen MR) is 93.2 cm³/mol. The Kier molecular flexibility index (Phi) is 5.39. The molecule has 0 unspecified atom stereocenters. The van der Waals surface area contributed by atoms with E-state index in [0.29, 0.717) is 24.1 Å². The number of halogens is 2. The van der Waals surface area contributed by atoms with Crippen molar-refractivity contribution in [3.05, 3.63) is 64.9 Å². The first-order valence-corrected chi connectivity index (χ1v) is 8.40. The van der Waals surface area contributed by atoms with E-state index in [9.17, 15) is 8.78 Å². The topological polar surface area (TPSA) is 62.5 Å². The molecule has 0 radical (unpaired) electrons. The Balaban J connectivity index is 1.55. The van der Waals surface area contributed by atoms with Gasteiger partial charge in [0.1, 0.15) is 17.9 Å².